The summed E-state index contributed by atoms with van der Waals surface area (Å²) in [5, 5.41) is 0. The molecule has 1 radical (unpaired) electrons. The van der Waals surface area contributed by atoms with Gasteiger partial charge in [-0.15, -0.1) is 0 Å². The van der Waals surface area contributed by atoms with Crippen LogP contribution < -0.4 is 9.16 Å². The van der Waals surface area contributed by atoms with Crippen molar-refractivity contribution >= 4 is 9.04 Å². The Kier molecular flexibility index (Phi) is 4.05. The zero-order valence-corrected chi connectivity index (χ0v) is 11.9. The average Bonchev–Trinajstić information content (AvgIpc) is 2.39. The Bertz CT molecular complexity index is 509. The molecule has 0 bridgehead atoms. The lowest BCUT2D eigenvalue weighted by atomic mass is 10.1. The van der Waals surface area contributed by atoms with Crippen LogP contribution in [0.4, 0.5) is 0 Å². The van der Waals surface area contributed by atoms with Gasteiger partial charge in [0, 0.05) is 0 Å². The number of hydrogen-bond acceptors (Lipinski definition) is 2. The highest BCUT2D eigenvalue weighted by Gasteiger charge is 2.09. The standard InChI is InChI=1S/C15H17O2Si/c1-16-14-10-9-13(11-15(14)17-18(2)3)12-7-5-4-6-8-12/h4-11H,1-3H3. The molecular formula is C15H17O2Si. The topological polar surface area (TPSA) is 18.5 Å². The Hall–Kier alpha value is -1.74. The maximum Gasteiger partial charge on any atom is 0.274 e. The van der Waals surface area contributed by atoms with Crippen molar-refractivity contribution in [2.45, 2.75) is 13.1 Å². The molecule has 93 valence electrons. The van der Waals surface area contributed by atoms with Crippen molar-refractivity contribution < 1.29 is 9.16 Å². The van der Waals surface area contributed by atoms with Crippen LogP contribution in [0, 0.1) is 0 Å². The fourth-order valence-corrected chi connectivity index (χ4v) is 2.39. The number of benzene rings is 2. The quantitative estimate of drug-likeness (QED) is 0.771. The van der Waals surface area contributed by atoms with Gasteiger partial charge in [0.15, 0.2) is 5.75 Å². The Morgan fingerprint density at radius 1 is 0.833 bits per heavy atom. The molecule has 2 nitrogen and oxygen atoms in total. The van der Waals surface area contributed by atoms with E-state index in [0.717, 1.165) is 17.1 Å². The molecule has 18 heavy (non-hydrogen) atoms. The fraction of sp³-hybridized carbons (Fsp3) is 0.200. The first kappa shape index (κ1) is 12.7. The van der Waals surface area contributed by atoms with Crippen LogP contribution >= 0.6 is 0 Å². The van der Waals surface area contributed by atoms with Gasteiger partial charge < -0.3 is 9.16 Å². The van der Waals surface area contributed by atoms with Crippen molar-refractivity contribution in [3.05, 3.63) is 48.5 Å². The van der Waals surface area contributed by atoms with E-state index in [1.165, 1.54) is 5.56 Å². The minimum absolute atomic E-state index is 0.792. The van der Waals surface area contributed by atoms with Gasteiger partial charge in [-0.1, -0.05) is 36.4 Å². The number of ether oxygens (including phenoxy) is 1. The molecule has 2 aromatic carbocycles. The molecule has 0 saturated carbocycles. The van der Waals surface area contributed by atoms with Crippen molar-refractivity contribution in [3.63, 3.8) is 0 Å². The first-order chi connectivity index (χ1) is 8.70. The second kappa shape index (κ2) is 5.73. The van der Waals surface area contributed by atoms with Crippen LogP contribution in [0.2, 0.25) is 13.1 Å². The van der Waals surface area contributed by atoms with Crippen molar-refractivity contribution in [3.8, 4) is 22.6 Å². The van der Waals surface area contributed by atoms with Crippen LogP contribution in [0.25, 0.3) is 11.1 Å². The van der Waals surface area contributed by atoms with Crippen LogP contribution in [-0.2, 0) is 0 Å². The fourth-order valence-electron chi connectivity index (χ4n) is 1.79. The lowest BCUT2D eigenvalue weighted by Crippen LogP contribution is -2.11. The molecular weight excluding hydrogens is 240 g/mol. The number of hydrogen-bond donors (Lipinski definition) is 0. The first-order valence-electron chi connectivity index (χ1n) is 5.92. The van der Waals surface area contributed by atoms with E-state index in [1.807, 2.05) is 30.3 Å². The van der Waals surface area contributed by atoms with Gasteiger partial charge >= 0.3 is 0 Å². The Labute approximate surface area is 110 Å². The SMILES string of the molecule is COc1ccc(-c2ccccc2)cc1O[Si](C)C. The van der Waals surface area contributed by atoms with Crippen LogP contribution in [0.1, 0.15) is 0 Å². The third kappa shape index (κ3) is 2.93. The monoisotopic (exact) mass is 257 g/mol. The van der Waals surface area contributed by atoms with Gasteiger partial charge in [-0.2, -0.15) is 0 Å². The predicted molar refractivity (Wildman–Crippen MR) is 76.5 cm³/mol. The zero-order chi connectivity index (χ0) is 13.0. The smallest absolute Gasteiger partial charge is 0.274 e. The predicted octanol–water partition coefficient (Wildman–Crippen LogP) is 3.99. The van der Waals surface area contributed by atoms with Gasteiger partial charge in [-0.3, -0.25) is 0 Å². The molecule has 2 rings (SSSR count). The van der Waals surface area contributed by atoms with E-state index in [4.69, 9.17) is 9.16 Å². The molecule has 0 saturated heterocycles. The molecule has 0 heterocycles. The van der Waals surface area contributed by atoms with E-state index in [2.05, 4.69) is 31.3 Å². The second-order valence-corrected chi connectivity index (χ2v) is 6.26. The third-order valence-corrected chi connectivity index (χ3v) is 3.21. The van der Waals surface area contributed by atoms with E-state index in [-0.39, 0.29) is 0 Å². The van der Waals surface area contributed by atoms with Crippen molar-refractivity contribution in [2.75, 3.05) is 7.11 Å². The first-order valence-corrected chi connectivity index (χ1v) is 8.33. The van der Waals surface area contributed by atoms with Gasteiger partial charge in [-0.05, 0) is 36.4 Å². The normalized spacial score (nSPS) is 10.4. The number of rotatable bonds is 4. The number of methoxy groups -OCH3 is 1. The molecule has 0 atom stereocenters. The third-order valence-electron chi connectivity index (χ3n) is 2.58. The summed E-state index contributed by atoms with van der Waals surface area (Å²) in [6.07, 6.45) is 0. The minimum atomic E-state index is -0.797. The lowest BCUT2D eigenvalue weighted by molar-refractivity contribution is 0.394. The molecule has 0 aliphatic heterocycles. The van der Waals surface area contributed by atoms with Crippen LogP contribution in [0.3, 0.4) is 0 Å². The highest BCUT2D eigenvalue weighted by Crippen LogP contribution is 2.32. The summed E-state index contributed by atoms with van der Waals surface area (Å²) in [5.74, 6) is 1.62. The molecule has 0 spiro atoms. The average molecular weight is 257 g/mol. The summed E-state index contributed by atoms with van der Waals surface area (Å²) in [5.41, 5.74) is 2.33. The minimum Gasteiger partial charge on any atom is -0.540 e. The summed E-state index contributed by atoms with van der Waals surface area (Å²) >= 11 is 0. The largest absolute Gasteiger partial charge is 0.540 e. The van der Waals surface area contributed by atoms with E-state index in [9.17, 15) is 0 Å². The van der Waals surface area contributed by atoms with Gasteiger partial charge in [0.2, 0.25) is 0 Å². The zero-order valence-electron chi connectivity index (χ0n) is 10.9. The van der Waals surface area contributed by atoms with Gasteiger partial charge in [-0.25, -0.2) is 0 Å². The molecule has 0 aliphatic carbocycles. The van der Waals surface area contributed by atoms with Crippen LogP contribution in [0.15, 0.2) is 48.5 Å². The summed E-state index contributed by atoms with van der Waals surface area (Å²) < 4.78 is 11.2. The van der Waals surface area contributed by atoms with Crippen molar-refractivity contribution in [1.82, 2.24) is 0 Å². The van der Waals surface area contributed by atoms with Gasteiger partial charge in [0.1, 0.15) is 5.75 Å². The summed E-state index contributed by atoms with van der Waals surface area (Å²) in [7, 11) is 0.872. The van der Waals surface area contributed by atoms with Crippen LogP contribution in [0.5, 0.6) is 11.5 Å². The summed E-state index contributed by atoms with van der Waals surface area (Å²) in [6, 6.07) is 16.3. The Balaban J connectivity index is 2.39. The molecule has 2 aromatic rings. The maximum absolute atomic E-state index is 5.88. The molecule has 0 N–H and O–H groups in total. The highest BCUT2D eigenvalue weighted by molar-refractivity contribution is 6.49. The molecule has 3 heteroatoms. The van der Waals surface area contributed by atoms with Crippen molar-refractivity contribution in [1.29, 1.82) is 0 Å². The highest BCUT2D eigenvalue weighted by atomic mass is 28.3. The second-order valence-electron chi connectivity index (χ2n) is 4.24. The van der Waals surface area contributed by atoms with E-state index < -0.39 is 9.04 Å². The maximum atomic E-state index is 5.88. The van der Waals surface area contributed by atoms with Crippen molar-refractivity contribution in [2.24, 2.45) is 0 Å². The molecule has 0 aromatic heterocycles. The van der Waals surface area contributed by atoms with E-state index in [0.29, 0.717) is 0 Å². The Morgan fingerprint density at radius 3 is 2.17 bits per heavy atom. The summed E-state index contributed by atoms with van der Waals surface area (Å²) in [6.45, 7) is 4.22. The molecule has 0 aliphatic rings. The Morgan fingerprint density at radius 2 is 1.56 bits per heavy atom. The molecule has 0 fully saturated rings. The summed E-state index contributed by atoms with van der Waals surface area (Å²) in [4.78, 5) is 0. The molecule has 0 amide bonds. The van der Waals surface area contributed by atoms with E-state index in [1.54, 1.807) is 7.11 Å². The molecule has 0 unspecified atom stereocenters. The van der Waals surface area contributed by atoms with Gasteiger partial charge in [0.05, 0.1) is 7.11 Å². The lowest BCUT2D eigenvalue weighted by Gasteiger charge is -2.14. The van der Waals surface area contributed by atoms with Gasteiger partial charge in [0.25, 0.3) is 9.04 Å². The van der Waals surface area contributed by atoms with E-state index >= 15 is 0 Å². The van der Waals surface area contributed by atoms with Crippen LogP contribution in [-0.4, -0.2) is 16.2 Å².